The Morgan fingerprint density at radius 2 is 2.00 bits per heavy atom. The van der Waals surface area contributed by atoms with Gasteiger partial charge in [0.2, 0.25) is 0 Å². The molecule has 1 heterocycles. The molecule has 5 heteroatoms. The predicted molar refractivity (Wildman–Crippen MR) is 71.9 cm³/mol. The van der Waals surface area contributed by atoms with Crippen molar-refractivity contribution in [3.05, 3.63) is 28.8 Å². The molecule has 1 aliphatic rings. The van der Waals surface area contributed by atoms with Crippen molar-refractivity contribution in [2.75, 3.05) is 44.2 Å². The average molecular weight is 266 g/mol. The fraction of sp³-hybridized carbons (Fsp3) is 0.462. The fourth-order valence-electron chi connectivity index (χ4n) is 2.24. The first-order valence-corrected chi connectivity index (χ1v) is 6.41. The molecule has 18 heavy (non-hydrogen) atoms. The fourth-order valence-corrected chi connectivity index (χ4v) is 2.45. The minimum absolute atomic E-state index is 0.195. The van der Waals surface area contributed by atoms with Crippen LogP contribution in [0.4, 0.5) is 5.69 Å². The molecule has 0 aliphatic carbocycles. The van der Waals surface area contributed by atoms with Gasteiger partial charge in [-0.2, -0.15) is 5.26 Å². The number of nitrogens with zero attached hydrogens (tertiary/aromatic N) is 3. The molecule has 1 aromatic rings. The van der Waals surface area contributed by atoms with Gasteiger partial charge in [-0.05, 0) is 12.1 Å². The van der Waals surface area contributed by atoms with Crippen molar-refractivity contribution < 1.29 is 5.11 Å². The van der Waals surface area contributed by atoms with Crippen molar-refractivity contribution in [1.29, 1.82) is 5.26 Å². The van der Waals surface area contributed by atoms with Gasteiger partial charge in [0.1, 0.15) is 6.07 Å². The van der Waals surface area contributed by atoms with Gasteiger partial charge in [0.25, 0.3) is 0 Å². The van der Waals surface area contributed by atoms with Gasteiger partial charge in [-0.15, -0.1) is 0 Å². The van der Waals surface area contributed by atoms with E-state index < -0.39 is 0 Å². The summed E-state index contributed by atoms with van der Waals surface area (Å²) in [7, 11) is 0. The maximum atomic E-state index is 9.16. The second-order valence-electron chi connectivity index (χ2n) is 4.30. The number of nitriles is 1. The smallest absolute Gasteiger partial charge is 0.103 e. The van der Waals surface area contributed by atoms with Crippen molar-refractivity contribution in [2.24, 2.45) is 0 Å². The van der Waals surface area contributed by atoms with Crippen LogP contribution in [0.3, 0.4) is 0 Å². The monoisotopic (exact) mass is 265 g/mol. The van der Waals surface area contributed by atoms with E-state index in [0.717, 1.165) is 31.9 Å². The lowest BCUT2D eigenvalue weighted by molar-refractivity contribution is 0.189. The quantitative estimate of drug-likeness (QED) is 0.896. The number of β-amino-alcohol motifs (C(OH)–C–C–N with tert-alkyl or cyclic N) is 1. The second kappa shape index (κ2) is 6.05. The van der Waals surface area contributed by atoms with Crippen molar-refractivity contribution >= 4 is 17.3 Å². The van der Waals surface area contributed by atoms with Gasteiger partial charge < -0.3 is 10.0 Å². The van der Waals surface area contributed by atoms with Crippen molar-refractivity contribution in [3.63, 3.8) is 0 Å². The molecule has 0 atom stereocenters. The number of hydrogen-bond acceptors (Lipinski definition) is 4. The standard InChI is InChI=1S/C13H16ClN3O/c14-12-2-1-3-13(11(12)10-15)17-6-4-16(5-7-17)8-9-18/h1-3,18H,4-9H2. The maximum absolute atomic E-state index is 9.16. The average Bonchev–Trinajstić information content (AvgIpc) is 2.40. The van der Waals surface area contributed by atoms with Gasteiger partial charge in [0, 0.05) is 32.7 Å². The Morgan fingerprint density at radius 3 is 2.61 bits per heavy atom. The lowest BCUT2D eigenvalue weighted by Gasteiger charge is -2.36. The number of aliphatic hydroxyl groups is 1. The zero-order chi connectivity index (χ0) is 13.0. The molecule has 0 saturated carbocycles. The summed E-state index contributed by atoms with van der Waals surface area (Å²) in [5.41, 5.74) is 1.46. The van der Waals surface area contributed by atoms with E-state index in [1.807, 2.05) is 12.1 Å². The van der Waals surface area contributed by atoms with Crippen LogP contribution in [0, 0.1) is 11.3 Å². The molecule has 1 N–H and O–H groups in total. The van der Waals surface area contributed by atoms with E-state index in [1.54, 1.807) is 6.07 Å². The third-order valence-corrected chi connectivity index (χ3v) is 3.55. The second-order valence-corrected chi connectivity index (χ2v) is 4.71. The molecule has 0 spiro atoms. The molecule has 1 fully saturated rings. The summed E-state index contributed by atoms with van der Waals surface area (Å²) in [6, 6.07) is 7.72. The van der Waals surface area contributed by atoms with Gasteiger partial charge >= 0.3 is 0 Å². The summed E-state index contributed by atoms with van der Waals surface area (Å²) in [6.07, 6.45) is 0. The Morgan fingerprint density at radius 1 is 1.28 bits per heavy atom. The van der Waals surface area contributed by atoms with Gasteiger partial charge in [-0.1, -0.05) is 17.7 Å². The van der Waals surface area contributed by atoms with Crippen molar-refractivity contribution in [2.45, 2.75) is 0 Å². The molecule has 96 valence electrons. The zero-order valence-electron chi connectivity index (χ0n) is 10.1. The Labute approximate surface area is 112 Å². The summed E-state index contributed by atoms with van der Waals surface area (Å²) in [5.74, 6) is 0. The summed E-state index contributed by atoms with van der Waals surface area (Å²) in [6.45, 7) is 4.43. The van der Waals surface area contributed by atoms with Crippen LogP contribution >= 0.6 is 11.6 Å². The summed E-state index contributed by atoms with van der Waals surface area (Å²) >= 11 is 6.03. The Balaban J connectivity index is 2.10. The first-order valence-electron chi connectivity index (χ1n) is 6.03. The Kier molecular flexibility index (Phi) is 4.43. The van der Waals surface area contributed by atoms with Crippen molar-refractivity contribution in [1.82, 2.24) is 4.90 Å². The van der Waals surface area contributed by atoms with Crippen LogP contribution in [0.5, 0.6) is 0 Å². The number of aliphatic hydroxyl groups excluding tert-OH is 1. The highest BCUT2D eigenvalue weighted by molar-refractivity contribution is 6.32. The molecule has 0 unspecified atom stereocenters. The Hall–Kier alpha value is -1.28. The molecule has 0 bridgehead atoms. The maximum Gasteiger partial charge on any atom is 0.103 e. The number of rotatable bonds is 3. The number of anilines is 1. The van der Waals surface area contributed by atoms with E-state index in [9.17, 15) is 0 Å². The molecule has 0 aromatic heterocycles. The SMILES string of the molecule is N#Cc1c(Cl)cccc1N1CCN(CCO)CC1. The largest absolute Gasteiger partial charge is 0.395 e. The lowest BCUT2D eigenvalue weighted by atomic mass is 10.1. The van der Waals surface area contributed by atoms with E-state index in [1.165, 1.54) is 0 Å². The molecule has 0 radical (unpaired) electrons. The van der Waals surface area contributed by atoms with Crippen LogP contribution in [0.25, 0.3) is 0 Å². The van der Waals surface area contributed by atoms with Crippen LogP contribution in [0.1, 0.15) is 5.56 Å². The zero-order valence-corrected chi connectivity index (χ0v) is 10.9. The van der Waals surface area contributed by atoms with Gasteiger partial charge in [0.05, 0.1) is 22.9 Å². The number of halogens is 1. The highest BCUT2D eigenvalue weighted by Crippen LogP contribution is 2.27. The molecule has 1 aliphatic heterocycles. The van der Waals surface area contributed by atoms with E-state index in [0.29, 0.717) is 17.1 Å². The van der Waals surface area contributed by atoms with Crippen LogP contribution in [0.15, 0.2) is 18.2 Å². The highest BCUT2D eigenvalue weighted by atomic mass is 35.5. The number of piperazine rings is 1. The first-order chi connectivity index (χ1) is 8.76. The van der Waals surface area contributed by atoms with Gasteiger partial charge in [-0.3, -0.25) is 4.90 Å². The molecule has 2 rings (SSSR count). The topological polar surface area (TPSA) is 50.5 Å². The number of benzene rings is 1. The van der Waals surface area contributed by atoms with Gasteiger partial charge in [0.15, 0.2) is 0 Å². The normalized spacial score (nSPS) is 16.6. The Bertz CT molecular complexity index is 450. The molecular formula is C13H16ClN3O. The first kappa shape index (κ1) is 13.2. The molecule has 4 nitrogen and oxygen atoms in total. The van der Waals surface area contributed by atoms with Crippen LogP contribution in [-0.4, -0.2) is 49.3 Å². The van der Waals surface area contributed by atoms with E-state index >= 15 is 0 Å². The minimum Gasteiger partial charge on any atom is -0.395 e. The molecule has 1 saturated heterocycles. The minimum atomic E-state index is 0.195. The van der Waals surface area contributed by atoms with E-state index in [2.05, 4.69) is 15.9 Å². The van der Waals surface area contributed by atoms with E-state index in [-0.39, 0.29) is 6.61 Å². The third-order valence-electron chi connectivity index (χ3n) is 3.23. The molecular weight excluding hydrogens is 250 g/mol. The molecule has 0 amide bonds. The van der Waals surface area contributed by atoms with Crippen LogP contribution in [-0.2, 0) is 0 Å². The van der Waals surface area contributed by atoms with E-state index in [4.69, 9.17) is 22.0 Å². The molecule has 1 aromatic carbocycles. The predicted octanol–water partition coefficient (Wildman–Crippen LogP) is 1.33. The van der Waals surface area contributed by atoms with Crippen LogP contribution < -0.4 is 4.90 Å². The highest BCUT2D eigenvalue weighted by Gasteiger charge is 2.19. The van der Waals surface area contributed by atoms with Gasteiger partial charge in [-0.25, -0.2) is 0 Å². The summed E-state index contributed by atoms with van der Waals surface area (Å²) in [5, 5.41) is 18.6. The third kappa shape index (κ3) is 2.75. The lowest BCUT2D eigenvalue weighted by Crippen LogP contribution is -2.47. The number of hydrogen-bond donors (Lipinski definition) is 1. The summed E-state index contributed by atoms with van der Waals surface area (Å²) < 4.78 is 0. The van der Waals surface area contributed by atoms with Crippen LogP contribution in [0.2, 0.25) is 5.02 Å². The summed E-state index contributed by atoms with van der Waals surface area (Å²) in [4.78, 5) is 4.39. The van der Waals surface area contributed by atoms with Crippen molar-refractivity contribution in [3.8, 4) is 6.07 Å².